The largest absolute Gasteiger partial charge is 0.497 e. The molecule has 0 atom stereocenters. The van der Waals surface area contributed by atoms with E-state index < -0.39 is 17.5 Å². The van der Waals surface area contributed by atoms with Gasteiger partial charge in [-0.3, -0.25) is 0 Å². The van der Waals surface area contributed by atoms with Crippen molar-refractivity contribution in [1.82, 2.24) is 0 Å². The van der Waals surface area contributed by atoms with Gasteiger partial charge in [-0.2, -0.15) is 0 Å². The van der Waals surface area contributed by atoms with E-state index in [2.05, 4.69) is 0 Å². The van der Waals surface area contributed by atoms with E-state index in [0.717, 1.165) is 0 Å². The molecule has 0 radical (unpaired) electrons. The van der Waals surface area contributed by atoms with Crippen LogP contribution in [0.5, 0.6) is 5.75 Å². The Morgan fingerprint density at radius 2 is 1.74 bits per heavy atom. The summed E-state index contributed by atoms with van der Waals surface area (Å²) in [6.07, 6.45) is 0. The van der Waals surface area contributed by atoms with Gasteiger partial charge in [0.25, 0.3) is 0 Å². The molecule has 0 fully saturated rings. The Morgan fingerprint density at radius 3 is 2.16 bits per heavy atom. The fraction of sp³-hybridized carbons (Fsp3) is 0.385. The molecule has 6 heteroatoms. The molecule has 0 aliphatic carbocycles. The summed E-state index contributed by atoms with van der Waals surface area (Å²) in [4.78, 5) is 23.0. The second-order valence-corrected chi connectivity index (χ2v) is 4.94. The minimum Gasteiger partial charge on any atom is -0.497 e. The molecule has 0 aromatic heterocycles. The number of methoxy groups -OCH3 is 1. The molecule has 1 rings (SSSR count). The van der Waals surface area contributed by atoms with Crippen LogP contribution < -0.4 is 10.5 Å². The quantitative estimate of drug-likeness (QED) is 0.641. The van der Waals surface area contributed by atoms with Crippen molar-refractivity contribution < 1.29 is 24.2 Å². The topological polar surface area (TPSA) is 98.9 Å². The van der Waals surface area contributed by atoms with Crippen molar-refractivity contribution in [2.24, 2.45) is 0 Å². The van der Waals surface area contributed by atoms with Gasteiger partial charge in [0.15, 0.2) is 0 Å². The van der Waals surface area contributed by atoms with Gasteiger partial charge in [0, 0.05) is 0 Å². The summed E-state index contributed by atoms with van der Waals surface area (Å²) in [6.45, 7) is 5.12. The fourth-order valence-corrected chi connectivity index (χ4v) is 1.42. The number of esters is 1. The van der Waals surface area contributed by atoms with Gasteiger partial charge in [0.05, 0.1) is 23.9 Å². The molecule has 0 heterocycles. The highest BCUT2D eigenvalue weighted by molar-refractivity contribution is 6.03. The molecule has 0 unspecified atom stereocenters. The van der Waals surface area contributed by atoms with Crippen LogP contribution in [0.15, 0.2) is 12.1 Å². The van der Waals surface area contributed by atoms with Crippen molar-refractivity contribution >= 4 is 17.6 Å². The normalized spacial score (nSPS) is 10.9. The predicted molar refractivity (Wildman–Crippen MR) is 69.5 cm³/mol. The second kappa shape index (κ2) is 5.17. The Balaban J connectivity index is 3.30. The molecule has 1 aromatic rings. The van der Waals surface area contributed by atoms with E-state index in [4.69, 9.17) is 20.3 Å². The van der Waals surface area contributed by atoms with Crippen LogP contribution in [0.2, 0.25) is 0 Å². The van der Waals surface area contributed by atoms with Crippen LogP contribution >= 0.6 is 0 Å². The summed E-state index contributed by atoms with van der Waals surface area (Å²) in [7, 11) is 1.37. The summed E-state index contributed by atoms with van der Waals surface area (Å²) in [5.74, 6) is -1.69. The first-order valence-electron chi connectivity index (χ1n) is 5.60. The minimum atomic E-state index is -1.23. The number of carboxylic acids is 1. The van der Waals surface area contributed by atoms with Crippen LogP contribution in [0.3, 0.4) is 0 Å². The lowest BCUT2D eigenvalue weighted by molar-refractivity contribution is 0.00704. The van der Waals surface area contributed by atoms with Crippen molar-refractivity contribution in [3.8, 4) is 5.75 Å². The van der Waals surface area contributed by atoms with Gasteiger partial charge >= 0.3 is 11.9 Å². The number of aromatic carboxylic acids is 1. The van der Waals surface area contributed by atoms with Gasteiger partial charge in [0.2, 0.25) is 0 Å². The number of carboxylic acid groups (broad SMARTS) is 1. The van der Waals surface area contributed by atoms with E-state index in [1.54, 1.807) is 20.8 Å². The highest BCUT2D eigenvalue weighted by Crippen LogP contribution is 2.26. The molecule has 0 spiro atoms. The fourth-order valence-electron chi connectivity index (χ4n) is 1.42. The Labute approximate surface area is 111 Å². The average molecular weight is 267 g/mol. The maximum absolute atomic E-state index is 12.0. The number of benzene rings is 1. The number of carbonyl (C=O) groups excluding carboxylic acids is 1. The third kappa shape index (κ3) is 3.61. The molecule has 0 saturated heterocycles. The van der Waals surface area contributed by atoms with Gasteiger partial charge < -0.3 is 20.3 Å². The molecule has 3 N–H and O–H groups in total. The minimum absolute atomic E-state index is 0.0216. The monoisotopic (exact) mass is 267 g/mol. The Bertz CT molecular complexity index is 517. The summed E-state index contributed by atoms with van der Waals surface area (Å²) in [5.41, 5.74) is 4.64. The van der Waals surface area contributed by atoms with Crippen LogP contribution in [0.1, 0.15) is 41.5 Å². The Hall–Kier alpha value is -2.24. The molecular formula is C13H17NO5. The summed E-state index contributed by atoms with van der Waals surface area (Å²) >= 11 is 0. The molecule has 0 aliphatic heterocycles. The molecule has 0 bridgehead atoms. The summed E-state index contributed by atoms with van der Waals surface area (Å²) in [6, 6.07) is 2.61. The number of anilines is 1. The SMILES string of the molecule is COc1cc(C(=O)O)c(N)c(C(=O)OC(C)(C)C)c1. The number of ether oxygens (including phenoxy) is 2. The number of nitrogen functional groups attached to an aromatic ring is 1. The molecule has 1 aromatic carbocycles. The lowest BCUT2D eigenvalue weighted by atomic mass is 10.1. The number of carbonyl (C=O) groups is 2. The second-order valence-electron chi connectivity index (χ2n) is 4.94. The number of hydrogen-bond acceptors (Lipinski definition) is 5. The molecule has 0 saturated carbocycles. The number of hydrogen-bond donors (Lipinski definition) is 2. The lowest BCUT2D eigenvalue weighted by Gasteiger charge is -2.20. The van der Waals surface area contributed by atoms with Crippen LogP contribution in [0.25, 0.3) is 0 Å². The maximum atomic E-state index is 12.0. The molecule has 19 heavy (non-hydrogen) atoms. The van der Waals surface area contributed by atoms with E-state index in [9.17, 15) is 9.59 Å². The van der Waals surface area contributed by atoms with Crippen LogP contribution in [-0.4, -0.2) is 29.8 Å². The zero-order chi connectivity index (χ0) is 14.8. The third-order valence-electron chi connectivity index (χ3n) is 2.24. The van der Waals surface area contributed by atoms with Crippen LogP contribution in [0, 0.1) is 0 Å². The van der Waals surface area contributed by atoms with Crippen LogP contribution in [0.4, 0.5) is 5.69 Å². The molecule has 0 aliphatic rings. The van der Waals surface area contributed by atoms with Gasteiger partial charge in [-0.25, -0.2) is 9.59 Å². The van der Waals surface area contributed by atoms with Crippen molar-refractivity contribution in [2.75, 3.05) is 12.8 Å². The summed E-state index contributed by atoms with van der Waals surface area (Å²) < 4.78 is 10.1. The zero-order valence-corrected chi connectivity index (χ0v) is 11.3. The zero-order valence-electron chi connectivity index (χ0n) is 11.3. The van der Waals surface area contributed by atoms with E-state index >= 15 is 0 Å². The first-order valence-corrected chi connectivity index (χ1v) is 5.60. The van der Waals surface area contributed by atoms with Gasteiger partial charge in [-0.15, -0.1) is 0 Å². The first kappa shape index (κ1) is 14.8. The standard InChI is InChI=1S/C13H17NO5/c1-13(2,3)19-12(17)9-6-7(18-4)5-8(10(9)14)11(15)16/h5-6H,14H2,1-4H3,(H,15,16). The van der Waals surface area contributed by atoms with E-state index in [-0.39, 0.29) is 22.6 Å². The first-order chi connectivity index (χ1) is 8.65. The van der Waals surface area contributed by atoms with E-state index in [1.807, 2.05) is 0 Å². The van der Waals surface area contributed by atoms with Crippen molar-refractivity contribution in [3.63, 3.8) is 0 Å². The van der Waals surface area contributed by atoms with Gasteiger partial charge in [0.1, 0.15) is 11.4 Å². The van der Waals surface area contributed by atoms with Crippen molar-refractivity contribution in [1.29, 1.82) is 0 Å². The smallest absolute Gasteiger partial charge is 0.340 e. The highest BCUT2D eigenvalue weighted by Gasteiger charge is 2.23. The number of nitrogens with two attached hydrogens (primary N) is 1. The Kier molecular flexibility index (Phi) is 4.04. The van der Waals surface area contributed by atoms with Gasteiger partial charge in [-0.05, 0) is 32.9 Å². The third-order valence-corrected chi connectivity index (χ3v) is 2.24. The maximum Gasteiger partial charge on any atom is 0.340 e. The average Bonchev–Trinajstić information content (AvgIpc) is 2.26. The van der Waals surface area contributed by atoms with E-state index in [1.165, 1.54) is 19.2 Å². The molecule has 0 amide bonds. The van der Waals surface area contributed by atoms with E-state index in [0.29, 0.717) is 0 Å². The molecule has 104 valence electrons. The highest BCUT2D eigenvalue weighted by atomic mass is 16.6. The van der Waals surface area contributed by atoms with Crippen molar-refractivity contribution in [2.45, 2.75) is 26.4 Å². The van der Waals surface area contributed by atoms with Crippen molar-refractivity contribution in [3.05, 3.63) is 23.3 Å². The van der Waals surface area contributed by atoms with Gasteiger partial charge in [-0.1, -0.05) is 0 Å². The predicted octanol–water partition coefficient (Wildman–Crippen LogP) is 1.93. The Morgan fingerprint density at radius 1 is 1.21 bits per heavy atom. The number of rotatable bonds is 3. The van der Waals surface area contributed by atoms with Crippen LogP contribution in [-0.2, 0) is 4.74 Å². The summed E-state index contributed by atoms with van der Waals surface area (Å²) in [5, 5.41) is 9.04. The molecule has 6 nitrogen and oxygen atoms in total. The molecular weight excluding hydrogens is 250 g/mol. The lowest BCUT2D eigenvalue weighted by Crippen LogP contribution is -2.25.